The van der Waals surface area contributed by atoms with E-state index < -0.39 is 0 Å². The fourth-order valence-electron chi connectivity index (χ4n) is 3.87. The Balaban J connectivity index is 1.37. The number of hydrogen-bond donors (Lipinski definition) is 0. The SMILES string of the molecule is Cc1cc(C(=O)N2CC(N(CC3CC3)C3CCOCC3)C2)nn1C. The monoisotopic (exact) mass is 332 g/mol. The van der Waals surface area contributed by atoms with Gasteiger partial charge in [-0.2, -0.15) is 5.10 Å². The van der Waals surface area contributed by atoms with Crippen LogP contribution < -0.4 is 0 Å². The lowest BCUT2D eigenvalue weighted by Crippen LogP contribution is -2.64. The van der Waals surface area contributed by atoms with Crippen LogP contribution in [0.15, 0.2) is 6.07 Å². The third kappa shape index (κ3) is 3.22. The van der Waals surface area contributed by atoms with Crippen LogP contribution in [0.4, 0.5) is 0 Å². The van der Waals surface area contributed by atoms with Gasteiger partial charge in [0.15, 0.2) is 5.69 Å². The van der Waals surface area contributed by atoms with E-state index in [1.807, 2.05) is 24.9 Å². The van der Waals surface area contributed by atoms with Gasteiger partial charge >= 0.3 is 0 Å². The van der Waals surface area contributed by atoms with E-state index in [1.54, 1.807) is 4.68 Å². The standard InChI is InChI=1S/C18H28N4O2/c1-13-9-17(19-20(13)2)18(23)21-11-16(12-21)22(10-14-3-4-14)15-5-7-24-8-6-15/h9,14-16H,3-8,10-12H2,1-2H3. The minimum Gasteiger partial charge on any atom is -0.381 e. The van der Waals surface area contributed by atoms with Crippen molar-refractivity contribution in [1.82, 2.24) is 19.6 Å². The molecular weight excluding hydrogens is 304 g/mol. The van der Waals surface area contributed by atoms with Gasteiger partial charge in [0.25, 0.3) is 5.91 Å². The molecule has 3 heterocycles. The van der Waals surface area contributed by atoms with Crippen LogP contribution in [-0.2, 0) is 11.8 Å². The van der Waals surface area contributed by atoms with Gasteiger partial charge in [-0.05, 0) is 44.6 Å². The Hall–Kier alpha value is -1.40. The van der Waals surface area contributed by atoms with Crippen LogP contribution in [0.1, 0.15) is 41.9 Å². The largest absolute Gasteiger partial charge is 0.381 e. The molecule has 0 spiro atoms. The molecule has 1 saturated carbocycles. The first-order valence-corrected chi connectivity index (χ1v) is 9.25. The molecule has 0 aromatic carbocycles. The van der Waals surface area contributed by atoms with Gasteiger partial charge in [0, 0.05) is 57.7 Å². The highest BCUT2D eigenvalue weighted by Crippen LogP contribution is 2.34. The fraction of sp³-hybridized carbons (Fsp3) is 0.778. The van der Waals surface area contributed by atoms with E-state index in [9.17, 15) is 4.79 Å². The Bertz CT molecular complexity index is 579. The zero-order valence-corrected chi connectivity index (χ0v) is 14.8. The number of aromatic nitrogens is 2. The van der Waals surface area contributed by atoms with E-state index in [0.29, 0.717) is 17.8 Å². The van der Waals surface area contributed by atoms with Crippen LogP contribution in [-0.4, -0.2) is 70.4 Å². The summed E-state index contributed by atoms with van der Waals surface area (Å²) in [6, 6.07) is 3.04. The molecular formula is C18H28N4O2. The molecule has 1 aromatic heterocycles. The summed E-state index contributed by atoms with van der Waals surface area (Å²) < 4.78 is 7.30. The molecule has 2 aliphatic heterocycles. The summed E-state index contributed by atoms with van der Waals surface area (Å²) in [5, 5.41) is 4.33. The number of carbonyl (C=O) groups is 1. The van der Waals surface area contributed by atoms with Crippen molar-refractivity contribution >= 4 is 5.91 Å². The second kappa shape index (κ2) is 6.48. The van der Waals surface area contributed by atoms with Crippen molar-refractivity contribution in [2.24, 2.45) is 13.0 Å². The van der Waals surface area contributed by atoms with E-state index >= 15 is 0 Å². The molecule has 1 amide bonds. The van der Waals surface area contributed by atoms with E-state index in [2.05, 4.69) is 10.00 Å². The van der Waals surface area contributed by atoms with Crippen LogP contribution in [0.25, 0.3) is 0 Å². The third-order valence-electron chi connectivity index (χ3n) is 5.78. The van der Waals surface area contributed by atoms with Crippen LogP contribution in [0.2, 0.25) is 0 Å². The topological polar surface area (TPSA) is 50.6 Å². The highest BCUT2D eigenvalue weighted by molar-refractivity contribution is 5.93. The molecule has 24 heavy (non-hydrogen) atoms. The minimum atomic E-state index is 0.0771. The molecule has 0 unspecified atom stereocenters. The number of likely N-dealkylation sites (tertiary alicyclic amines) is 1. The molecule has 132 valence electrons. The van der Waals surface area contributed by atoms with Gasteiger partial charge in [0.05, 0.1) is 0 Å². The van der Waals surface area contributed by atoms with Crippen molar-refractivity contribution in [3.8, 4) is 0 Å². The Morgan fingerprint density at radius 3 is 2.54 bits per heavy atom. The molecule has 6 heteroatoms. The molecule has 6 nitrogen and oxygen atoms in total. The average molecular weight is 332 g/mol. The van der Waals surface area contributed by atoms with Crippen LogP contribution >= 0.6 is 0 Å². The summed E-state index contributed by atoms with van der Waals surface area (Å²) in [6.45, 7) is 6.64. The van der Waals surface area contributed by atoms with Crippen molar-refractivity contribution in [2.45, 2.75) is 44.7 Å². The van der Waals surface area contributed by atoms with Crippen LogP contribution in [0, 0.1) is 12.8 Å². The molecule has 0 N–H and O–H groups in total. The number of aryl methyl sites for hydroxylation is 2. The number of amides is 1. The highest BCUT2D eigenvalue weighted by atomic mass is 16.5. The smallest absolute Gasteiger partial charge is 0.274 e. The number of nitrogens with zero attached hydrogens (tertiary/aromatic N) is 4. The lowest BCUT2D eigenvalue weighted by atomic mass is 9.99. The van der Waals surface area contributed by atoms with Gasteiger partial charge in [-0.3, -0.25) is 14.4 Å². The second-order valence-electron chi connectivity index (χ2n) is 7.64. The van der Waals surface area contributed by atoms with Gasteiger partial charge in [-0.1, -0.05) is 0 Å². The molecule has 0 radical (unpaired) electrons. The Morgan fingerprint density at radius 1 is 1.25 bits per heavy atom. The predicted octanol–water partition coefficient (Wildman–Crippen LogP) is 1.44. The Labute approximate surface area is 143 Å². The normalized spacial score (nSPS) is 22.9. The summed E-state index contributed by atoms with van der Waals surface area (Å²) in [5.74, 6) is 0.962. The van der Waals surface area contributed by atoms with Crippen molar-refractivity contribution in [3.63, 3.8) is 0 Å². The number of carbonyl (C=O) groups excluding carboxylic acids is 1. The number of hydrogen-bond acceptors (Lipinski definition) is 4. The number of rotatable bonds is 5. The third-order valence-corrected chi connectivity index (χ3v) is 5.78. The van der Waals surface area contributed by atoms with Gasteiger partial charge in [-0.15, -0.1) is 0 Å². The van der Waals surface area contributed by atoms with Crippen LogP contribution in [0.3, 0.4) is 0 Å². The van der Waals surface area contributed by atoms with Gasteiger partial charge < -0.3 is 9.64 Å². The zero-order chi connectivity index (χ0) is 16.7. The highest BCUT2D eigenvalue weighted by Gasteiger charge is 2.41. The number of ether oxygens (including phenoxy) is 1. The molecule has 0 atom stereocenters. The van der Waals surface area contributed by atoms with Crippen molar-refractivity contribution in [2.75, 3.05) is 32.8 Å². The second-order valence-corrected chi connectivity index (χ2v) is 7.64. The quantitative estimate of drug-likeness (QED) is 0.819. The molecule has 3 fully saturated rings. The summed E-state index contributed by atoms with van der Waals surface area (Å²) >= 11 is 0. The van der Waals surface area contributed by atoms with Crippen LogP contribution in [0.5, 0.6) is 0 Å². The summed E-state index contributed by atoms with van der Waals surface area (Å²) in [6.07, 6.45) is 5.03. The molecule has 2 saturated heterocycles. The van der Waals surface area contributed by atoms with Crippen molar-refractivity contribution < 1.29 is 9.53 Å². The molecule has 1 aliphatic carbocycles. The molecule has 3 aliphatic rings. The van der Waals surface area contributed by atoms with E-state index in [-0.39, 0.29) is 5.91 Å². The minimum absolute atomic E-state index is 0.0771. The van der Waals surface area contributed by atoms with E-state index in [1.165, 1.54) is 19.4 Å². The van der Waals surface area contributed by atoms with Crippen molar-refractivity contribution in [1.29, 1.82) is 0 Å². The lowest BCUT2D eigenvalue weighted by Gasteiger charge is -2.49. The first-order valence-electron chi connectivity index (χ1n) is 9.25. The molecule has 0 bridgehead atoms. The van der Waals surface area contributed by atoms with E-state index in [4.69, 9.17) is 4.74 Å². The summed E-state index contributed by atoms with van der Waals surface area (Å²) in [4.78, 5) is 17.2. The van der Waals surface area contributed by atoms with Crippen molar-refractivity contribution in [3.05, 3.63) is 17.5 Å². The van der Waals surface area contributed by atoms with Gasteiger partial charge in [0.1, 0.15) is 0 Å². The van der Waals surface area contributed by atoms with E-state index in [0.717, 1.165) is 50.8 Å². The predicted molar refractivity (Wildman–Crippen MR) is 90.9 cm³/mol. The summed E-state index contributed by atoms with van der Waals surface area (Å²) in [5.41, 5.74) is 1.60. The molecule has 1 aromatic rings. The molecule has 4 rings (SSSR count). The Kier molecular flexibility index (Phi) is 4.35. The maximum absolute atomic E-state index is 12.6. The first-order chi connectivity index (χ1) is 11.6. The first kappa shape index (κ1) is 16.1. The Morgan fingerprint density at radius 2 is 1.96 bits per heavy atom. The zero-order valence-electron chi connectivity index (χ0n) is 14.8. The maximum atomic E-state index is 12.6. The van der Waals surface area contributed by atoms with Gasteiger partial charge in [-0.25, -0.2) is 0 Å². The summed E-state index contributed by atoms with van der Waals surface area (Å²) in [7, 11) is 1.88. The maximum Gasteiger partial charge on any atom is 0.274 e. The van der Waals surface area contributed by atoms with Gasteiger partial charge in [0.2, 0.25) is 0 Å². The average Bonchev–Trinajstić information content (AvgIpc) is 3.30. The fourth-order valence-corrected chi connectivity index (χ4v) is 3.87. The lowest BCUT2D eigenvalue weighted by molar-refractivity contribution is -0.0268.